The van der Waals surface area contributed by atoms with Gasteiger partial charge in [0, 0.05) is 9.75 Å². The van der Waals surface area contributed by atoms with E-state index < -0.39 is 0 Å². The predicted octanol–water partition coefficient (Wildman–Crippen LogP) is 4.21. The molecule has 0 spiro atoms. The average molecular weight is 196 g/mol. The Balaban J connectivity index is 2.80. The number of aryl methyl sites for hydroxylation is 2. The van der Waals surface area contributed by atoms with E-state index in [4.69, 9.17) is 0 Å². The summed E-state index contributed by atoms with van der Waals surface area (Å²) in [4.78, 5) is 3.05. The molecular formula is C12H20S. The molecule has 0 amide bonds. The summed E-state index contributed by atoms with van der Waals surface area (Å²) < 4.78 is 0. The molecule has 1 rings (SSSR count). The Hall–Kier alpha value is -0.300. The largest absolute Gasteiger partial charge is 0.145 e. The van der Waals surface area contributed by atoms with E-state index in [1.807, 2.05) is 11.3 Å². The van der Waals surface area contributed by atoms with Crippen molar-refractivity contribution >= 4 is 11.3 Å². The Morgan fingerprint density at radius 1 is 1.31 bits per heavy atom. The molecule has 0 saturated carbocycles. The van der Waals surface area contributed by atoms with Gasteiger partial charge in [0.25, 0.3) is 0 Å². The van der Waals surface area contributed by atoms with Crippen molar-refractivity contribution in [1.82, 2.24) is 0 Å². The van der Waals surface area contributed by atoms with Crippen molar-refractivity contribution in [2.24, 2.45) is 5.41 Å². The van der Waals surface area contributed by atoms with Crippen LogP contribution in [0.3, 0.4) is 0 Å². The van der Waals surface area contributed by atoms with Gasteiger partial charge in [-0.05, 0) is 36.8 Å². The monoisotopic (exact) mass is 196 g/mol. The van der Waals surface area contributed by atoms with Crippen molar-refractivity contribution < 1.29 is 0 Å². The number of hydrogen-bond donors (Lipinski definition) is 0. The van der Waals surface area contributed by atoms with Gasteiger partial charge in [-0.1, -0.05) is 27.7 Å². The third-order valence-electron chi connectivity index (χ3n) is 2.16. The second-order valence-corrected chi connectivity index (χ2v) is 6.23. The van der Waals surface area contributed by atoms with Crippen LogP contribution in [0.1, 0.15) is 43.0 Å². The summed E-state index contributed by atoms with van der Waals surface area (Å²) in [6.45, 7) is 11.4. The summed E-state index contributed by atoms with van der Waals surface area (Å²) in [6.07, 6.45) is 2.38. The van der Waals surface area contributed by atoms with Gasteiger partial charge in [0.2, 0.25) is 0 Å². The molecule has 74 valence electrons. The molecule has 0 nitrogen and oxygen atoms in total. The molecule has 1 aromatic heterocycles. The van der Waals surface area contributed by atoms with E-state index in [2.05, 4.69) is 40.7 Å². The minimum absolute atomic E-state index is 0.419. The van der Waals surface area contributed by atoms with Gasteiger partial charge < -0.3 is 0 Å². The molecule has 0 unspecified atom stereocenters. The fourth-order valence-corrected chi connectivity index (χ4v) is 2.98. The van der Waals surface area contributed by atoms with Gasteiger partial charge in [-0.3, -0.25) is 0 Å². The first-order chi connectivity index (χ1) is 5.92. The van der Waals surface area contributed by atoms with E-state index in [0.717, 1.165) is 0 Å². The van der Waals surface area contributed by atoms with E-state index in [-0.39, 0.29) is 0 Å². The van der Waals surface area contributed by atoms with Crippen LogP contribution in [0, 0.1) is 12.3 Å². The highest BCUT2D eigenvalue weighted by atomic mass is 32.1. The molecule has 0 atom stereocenters. The normalized spacial score (nSPS) is 12.1. The van der Waals surface area contributed by atoms with Crippen LogP contribution in [0.5, 0.6) is 0 Å². The topological polar surface area (TPSA) is 0 Å². The minimum atomic E-state index is 0.419. The summed E-state index contributed by atoms with van der Waals surface area (Å²) in [6, 6.07) is 2.38. The van der Waals surface area contributed by atoms with Crippen LogP contribution in [0.25, 0.3) is 0 Å². The molecule has 1 heteroatoms. The third-order valence-corrected chi connectivity index (χ3v) is 3.25. The maximum absolute atomic E-state index is 2.38. The molecule has 0 aliphatic carbocycles. The smallest absolute Gasteiger partial charge is 0.00561 e. The Bertz CT molecular complexity index is 276. The van der Waals surface area contributed by atoms with Gasteiger partial charge >= 0.3 is 0 Å². The standard InChI is InChI=1S/C12H20S/c1-6-10-7-11(13-9(10)2)8-12(3,4)5/h7H,6,8H2,1-5H3. The maximum Gasteiger partial charge on any atom is 0.00561 e. The molecular weight excluding hydrogens is 176 g/mol. The van der Waals surface area contributed by atoms with E-state index in [0.29, 0.717) is 5.41 Å². The zero-order valence-corrected chi connectivity index (χ0v) is 10.2. The van der Waals surface area contributed by atoms with E-state index in [9.17, 15) is 0 Å². The Morgan fingerprint density at radius 3 is 2.31 bits per heavy atom. The van der Waals surface area contributed by atoms with Gasteiger partial charge in [0.15, 0.2) is 0 Å². The second-order valence-electron chi connectivity index (χ2n) is 4.89. The molecule has 0 bridgehead atoms. The van der Waals surface area contributed by atoms with Gasteiger partial charge in [-0.15, -0.1) is 11.3 Å². The van der Waals surface area contributed by atoms with Crippen molar-refractivity contribution in [1.29, 1.82) is 0 Å². The fourth-order valence-electron chi connectivity index (χ4n) is 1.55. The molecule has 0 aromatic carbocycles. The van der Waals surface area contributed by atoms with Crippen LogP contribution in [-0.2, 0) is 12.8 Å². The second kappa shape index (κ2) is 3.83. The third kappa shape index (κ3) is 3.15. The Morgan fingerprint density at radius 2 is 1.92 bits per heavy atom. The number of rotatable bonds is 2. The molecule has 0 radical (unpaired) electrons. The van der Waals surface area contributed by atoms with Gasteiger partial charge in [-0.25, -0.2) is 0 Å². The van der Waals surface area contributed by atoms with Crippen molar-refractivity contribution in [2.75, 3.05) is 0 Å². The van der Waals surface area contributed by atoms with Gasteiger partial charge in [0.05, 0.1) is 0 Å². The lowest BCUT2D eigenvalue weighted by molar-refractivity contribution is 0.414. The molecule has 0 aliphatic rings. The Kier molecular flexibility index (Phi) is 3.18. The minimum Gasteiger partial charge on any atom is -0.145 e. The number of hydrogen-bond acceptors (Lipinski definition) is 1. The average Bonchev–Trinajstić information content (AvgIpc) is 2.26. The molecule has 0 saturated heterocycles. The van der Waals surface area contributed by atoms with E-state index in [1.54, 1.807) is 4.88 Å². The highest BCUT2D eigenvalue weighted by molar-refractivity contribution is 7.12. The summed E-state index contributed by atoms with van der Waals surface area (Å²) in [5.74, 6) is 0. The Labute approximate surface area is 86.0 Å². The number of thiophene rings is 1. The first-order valence-corrected chi connectivity index (χ1v) is 5.82. The lowest BCUT2D eigenvalue weighted by Gasteiger charge is -2.16. The van der Waals surface area contributed by atoms with Crippen LogP contribution < -0.4 is 0 Å². The highest BCUT2D eigenvalue weighted by Gasteiger charge is 2.13. The molecule has 0 aliphatic heterocycles. The molecule has 0 fully saturated rings. The van der Waals surface area contributed by atoms with E-state index in [1.165, 1.54) is 23.3 Å². The van der Waals surface area contributed by atoms with Crippen LogP contribution in [0.2, 0.25) is 0 Å². The van der Waals surface area contributed by atoms with Crippen molar-refractivity contribution in [3.63, 3.8) is 0 Å². The van der Waals surface area contributed by atoms with Crippen LogP contribution in [-0.4, -0.2) is 0 Å². The van der Waals surface area contributed by atoms with Crippen LogP contribution >= 0.6 is 11.3 Å². The first kappa shape index (κ1) is 10.8. The first-order valence-electron chi connectivity index (χ1n) is 5.00. The van der Waals surface area contributed by atoms with E-state index >= 15 is 0 Å². The summed E-state index contributed by atoms with van der Waals surface area (Å²) >= 11 is 1.97. The molecule has 1 heterocycles. The zero-order chi connectivity index (χ0) is 10.1. The highest BCUT2D eigenvalue weighted by Crippen LogP contribution is 2.28. The summed E-state index contributed by atoms with van der Waals surface area (Å²) in [5.41, 5.74) is 1.95. The van der Waals surface area contributed by atoms with Crippen LogP contribution in [0.4, 0.5) is 0 Å². The van der Waals surface area contributed by atoms with Crippen molar-refractivity contribution in [2.45, 2.75) is 47.5 Å². The van der Waals surface area contributed by atoms with Crippen molar-refractivity contribution in [3.05, 3.63) is 21.4 Å². The van der Waals surface area contributed by atoms with Gasteiger partial charge in [-0.2, -0.15) is 0 Å². The lowest BCUT2D eigenvalue weighted by Crippen LogP contribution is -2.07. The summed E-state index contributed by atoms with van der Waals surface area (Å²) in [7, 11) is 0. The summed E-state index contributed by atoms with van der Waals surface area (Å²) in [5, 5.41) is 0. The molecule has 1 aromatic rings. The molecule has 13 heavy (non-hydrogen) atoms. The van der Waals surface area contributed by atoms with Crippen LogP contribution in [0.15, 0.2) is 6.07 Å². The van der Waals surface area contributed by atoms with Crippen molar-refractivity contribution in [3.8, 4) is 0 Å². The fraction of sp³-hybridized carbons (Fsp3) is 0.667. The SMILES string of the molecule is CCc1cc(CC(C)(C)C)sc1C. The molecule has 0 N–H and O–H groups in total. The van der Waals surface area contributed by atoms with Gasteiger partial charge in [0.1, 0.15) is 0 Å². The zero-order valence-electron chi connectivity index (χ0n) is 9.40. The lowest BCUT2D eigenvalue weighted by atomic mass is 9.91. The predicted molar refractivity (Wildman–Crippen MR) is 61.6 cm³/mol. The maximum atomic E-state index is 2.38. The quantitative estimate of drug-likeness (QED) is 0.665.